The highest BCUT2D eigenvalue weighted by molar-refractivity contribution is 5.78. The molecule has 6 heteroatoms. The maximum absolute atomic E-state index is 9.83. The monoisotopic (exact) mass is 596 g/mol. The molecule has 6 rings (SSSR count). The third-order valence-electron chi connectivity index (χ3n) is 9.69. The molecule has 1 fully saturated rings. The van der Waals surface area contributed by atoms with Crippen LogP contribution >= 0.6 is 0 Å². The molecule has 230 valence electrons. The maximum atomic E-state index is 9.83. The fourth-order valence-corrected chi connectivity index (χ4v) is 7.18. The van der Waals surface area contributed by atoms with Gasteiger partial charge in [-0.1, -0.05) is 37.3 Å². The molecule has 0 aliphatic carbocycles. The lowest BCUT2D eigenvalue weighted by molar-refractivity contribution is 0.331. The minimum absolute atomic E-state index is 0.129. The van der Waals surface area contributed by atoms with Gasteiger partial charge in [0.1, 0.15) is 0 Å². The Kier molecular flexibility index (Phi) is 8.48. The van der Waals surface area contributed by atoms with E-state index >= 15 is 0 Å². The van der Waals surface area contributed by atoms with Crippen LogP contribution in [0.25, 0.3) is 11.1 Å². The number of hydrogen-bond donors (Lipinski definition) is 2. The summed E-state index contributed by atoms with van der Waals surface area (Å²) in [6.45, 7) is 17.9. The van der Waals surface area contributed by atoms with Crippen LogP contribution in [0, 0.1) is 25.2 Å². The summed E-state index contributed by atoms with van der Waals surface area (Å²) < 4.78 is 0. The molecule has 0 saturated carbocycles. The summed E-state index contributed by atoms with van der Waals surface area (Å²) >= 11 is 0. The number of nitriles is 1. The summed E-state index contributed by atoms with van der Waals surface area (Å²) in [7, 11) is 0. The first-order chi connectivity index (χ1) is 21.7. The van der Waals surface area contributed by atoms with Gasteiger partial charge < -0.3 is 10.6 Å². The van der Waals surface area contributed by atoms with E-state index in [1.54, 1.807) is 0 Å². The Hall–Kier alpha value is -4.47. The Morgan fingerprint density at radius 3 is 2.49 bits per heavy atom. The van der Waals surface area contributed by atoms with Crippen LogP contribution in [0.1, 0.15) is 84.3 Å². The van der Waals surface area contributed by atoms with Crippen molar-refractivity contribution in [2.45, 2.75) is 78.4 Å². The Morgan fingerprint density at radius 2 is 1.78 bits per heavy atom. The second-order valence-electron chi connectivity index (χ2n) is 13.1. The number of hydrogen-bond acceptors (Lipinski definition) is 6. The molecule has 2 aliphatic heterocycles. The third-order valence-corrected chi connectivity index (χ3v) is 9.69. The van der Waals surface area contributed by atoms with E-state index in [0.29, 0.717) is 0 Å². The molecule has 6 nitrogen and oxygen atoms in total. The molecule has 3 aromatic carbocycles. The van der Waals surface area contributed by atoms with E-state index in [1.807, 2.05) is 12.3 Å². The van der Waals surface area contributed by atoms with Crippen molar-refractivity contribution in [3.05, 3.63) is 105 Å². The van der Waals surface area contributed by atoms with Crippen molar-refractivity contribution in [2.24, 2.45) is 4.99 Å². The molecule has 3 heterocycles. The summed E-state index contributed by atoms with van der Waals surface area (Å²) in [5, 5.41) is 17.4. The standard InChI is InChI=1S/C39H44N6/c1-7-27-18-29(22-40)33-21-36(43-35(33)19-27)32-14-10-12-30(25(32)2)31-13-11-15-34(26(31)3)44-39(4,5)38-37(41-6)20-28(23-42-38)24-45-16-8-9-17-45/h10-15,18-20,23,36,43-44H,6-9,16-17,21,24H2,1-5H3. The van der Waals surface area contributed by atoms with E-state index in [1.165, 1.54) is 51.8 Å². The minimum Gasteiger partial charge on any atom is -0.378 e. The molecule has 0 amide bonds. The van der Waals surface area contributed by atoms with Crippen molar-refractivity contribution in [1.29, 1.82) is 5.26 Å². The van der Waals surface area contributed by atoms with Crippen molar-refractivity contribution in [3.63, 3.8) is 0 Å². The van der Waals surface area contributed by atoms with Crippen molar-refractivity contribution >= 4 is 23.8 Å². The van der Waals surface area contributed by atoms with Crippen LogP contribution in [0.5, 0.6) is 0 Å². The molecule has 2 N–H and O–H groups in total. The molecule has 0 bridgehead atoms. The Bertz CT molecular complexity index is 1790. The number of pyridine rings is 1. The summed E-state index contributed by atoms with van der Waals surface area (Å²) in [6, 6.07) is 22.0. The average Bonchev–Trinajstić information content (AvgIpc) is 3.71. The van der Waals surface area contributed by atoms with Crippen LogP contribution in [0.3, 0.4) is 0 Å². The first-order valence-electron chi connectivity index (χ1n) is 16.2. The fraction of sp³-hybridized carbons (Fsp3) is 0.359. The predicted molar refractivity (Wildman–Crippen MR) is 187 cm³/mol. The lowest BCUT2D eigenvalue weighted by Crippen LogP contribution is -2.30. The topological polar surface area (TPSA) is 76.3 Å². The Balaban J connectivity index is 1.27. The van der Waals surface area contributed by atoms with Crippen LogP contribution in [0.4, 0.5) is 17.1 Å². The van der Waals surface area contributed by atoms with Gasteiger partial charge in [0.2, 0.25) is 0 Å². The van der Waals surface area contributed by atoms with Gasteiger partial charge in [-0.15, -0.1) is 0 Å². The van der Waals surface area contributed by atoms with Crippen LogP contribution in [-0.2, 0) is 24.9 Å². The highest BCUT2D eigenvalue weighted by atomic mass is 15.1. The van der Waals surface area contributed by atoms with Crippen molar-refractivity contribution in [1.82, 2.24) is 9.88 Å². The van der Waals surface area contributed by atoms with E-state index in [0.717, 1.165) is 66.4 Å². The molecule has 0 radical (unpaired) electrons. The van der Waals surface area contributed by atoms with Crippen molar-refractivity contribution < 1.29 is 0 Å². The third kappa shape index (κ3) is 5.98. The SMILES string of the molecule is C=Nc1cc(CN2CCCC2)cnc1C(C)(C)Nc1cccc(-c2cccc(C3Cc4c(C#N)cc(CC)cc4N3)c2C)c1C. The molecule has 1 aromatic heterocycles. The van der Waals surface area contributed by atoms with E-state index in [2.05, 4.69) is 116 Å². The van der Waals surface area contributed by atoms with E-state index in [4.69, 9.17) is 4.98 Å². The summed E-state index contributed by atoms with van der Waals surface area (Å²) in [5.74, 6) is 0. The first kappa shape index (κ1) is 30.6. The van der Waals surface area contributed by atoms with Crippen LogP contribution in [0.2, 0.25) is 0 Å². The van der Waals surface area contributed by atoms with E-state index in [9.17, 15) is 5.26 Å². The van der Waals surface area contributed by atoms with Crippen molar-refractivity contribution in [2.75, 3.05) is 23.7 Å². The maximum Gasteiger partial charge on any atom is 0.0995 e. The molecule has 1 unspecified atom stereocenters. The molecule has 4 aromatic rings. The number of nitrogens with zero attached hydrogens (tertiary/aromatic N) is 4. The van der Waals surface area contributed by atoms with Gasteiger partial charge in [-0.25, -0.2) is 0 Å². The molecule has 45 heavy (non-hydrogen) atoms. The second-order valence-corrected chi connectivity index (χ2v) is 13.1. The number of rotatable bonds is 9. The van der Waals surface area contributed by atoms with Gasteiger partial charge in [0.05, 0.1) is 34.6 Å². The molecular formula is C39H44N6. The summed E-state index contributed by atoms with van der Waals surface area (Å²) in [4.78, 5) is 11.8. The predicted octanol–water partition coefficient (Wildman–Crippen LogP) is 8.78. The minimum atomic E-state index is -0.474. The number of likely N-dealkylation sites (tertiary alicyclic amines) is 1. The number of aryl methyl sites for hydroxylation is 1. The smallest absolute Gasteiger partial charge is 0.0995 e. The molecule has 0 spiro atoms. The highest BCUT2D eigenvalue weighted by Gasteiger charge is 2.29. The van der Waals surface area contributed by atoms with Gasteiger partial charge in [-0.05, 0) is 136 Å². The van der Waals surface area contributed by atoms with E-state index < -0.39 is 5.54 Å². The Morgan fingerprint density at radius 1 is 1.04 bits per heavy atom. The van der Waals surface area contributed by atoms with Crippen LogP contribution < -0.4 is 10.6 Å². The molecule has 1 atom stereocenters. The first-order valence-corrected chi connectivity index (χ1v) is 16.2. The molecule has 1 saturated heterocycles. The lowest BCUT2D eigenvalue weighted by Gasteiger charge is -2.30. The number of aliphatic imine (C=N–C) groups is 1. The normalized spacial score (nSPS) is 16.2. The second kappa shape index (κ2) is 12.5. The Labute approximate surface area is 268 Å². The highest BCUT2D eigenvalue weighted by Crippen LogP contribution is 2.41. The van der Waals surface area contributed by atoms with Crippen LogP contribution in [0.15, 0.2) is 65.8 Å². The number of fused-ring (bicyclic) bond motifs is 1. The fourth-order valence-electron chi connectivity index (χ4n) is 7.18. The van der Waals surface area contributed by atoms with Gasteiger partial charge in [-0.3, -0.25) is 14.9 Å². The average molecular weight is 597 g/mol. The number of benzene rings is 3. The molecule has 2 aliphatic rings. The summed E-state index contributed by atoms with van der Waals surface area (Å²) in [6.07, 6.45) is 6.26. The largest absolute Gasteiger partial charge is 0.378 e. The van der Waals surface area contributed by atoms with Gasteiger partial charge in [-0.2, -0.15) is 5.26 Å². The van der Waals surface area contributed by atoms with Gasteiger partial charge in [0, 0.05) is 30.5 Å². The van der Waals surface area contributed by atoms with Crippen molar-refractivity contribution in [3.8, 4) is 17.2 Å². The van der Waals surface area contributed by atoms with Gasteiger partial charge in [0.25, 0.3) is 0 Å². The summed E-state index contributed by atoms with van der Waals surface area (Å²) in [5.41, 5.74) is 13.8. The lowest BCUT2D eigenvalue weighted by atomic mass is 9.89. The van der Waals surface area contributed by atoms with Gasteiger partial charge >= 0.3 is 0 Å². The zero-order chi connectivity index (χ0) is 31.7. The number of nitrogens with one attached hydrogen (secondary N) is 2. The number of anilines is 2. The van der Waals surface area contributed by atoms with E-state index in [-0.39, 0.29) is 6.04 Å². The van der Waals surface area contributed by atoms with Crippen LogP contribution in [-0.4, -0.2) is 29.7 Å². The molecular weight excluding hydrogens is 552 g/mol. The zero-order valence-corrected chi connectivity index (χ0v) is 27.3. The number of aromatic nitrogens is 1. The van der Waals surface area contributed by atoms with Gasteiger partial charge in [0.15, 0.2) is 0 Å². The zero-order valence-electron chi connectivity index (χ0n) is 27.3. The quantitative estimate of drug-likeness (QED) is 0.189.